The number of nitrogens with zero attached hydrogens (tertiary/aromatic N) is 2. The van der Waals surface area contributed by atoms with Crippen LogP contribution in [0.1, 0.15) is 25.8 Å². The fourth-order valence-corrected chi connectivity index (χ4v) is 1.68. The predicted octanol–water partition coefficient (Wildman–Crippen LogP) is 2.51. The van der Waals surface area contributed by atoms with E-state index >= 15 is 0 Å². The van der Waals surface area contributed by atoms with Crippen LogP contribution in [0.25, 0.3) is 10.9 Å². The van der Waals surface area contributed by atoms with Gasteiger partial charge in [0.2, 0.25) is 0 Å². The molecule has 0 radical (unpaired) electrons. The van der Waals surface area contributed by atoms with Gasteiger partial charge in [-0.3, -0.25) is 4.68 Å². The molecule has 1 heterocycles. The Bertz CT molecular complexity index is 494. The van der Waals surface area contributed by atoms with Gasteiger partial charge < -0.3 is 5.11 Å². The Labute approximate surface area is 95.7 Å². The third-order valence-electron chi connectivity index (χ3n) is 2.66. The summed E-state index contributed by atoms with van der Waals surface area (Å²) < 4.78 is 1.90. The Balaban J connectivity index is 2.20. The molecule has 0 atom stereocenters. The summed E-state index contributed by atoms with van der Waals surface area (Å²) >= 11 is 0. The topological polar surface area (TPSA) is 38.0 Å². The zero-order chi connectivity index (χ0) is 11.8. The van der Waals surface area contributed by atoms with E-state index in [1.807, 2.05) is 24.7 Å². The maximum absolute atomic E-state index is 9.66. The van der Waals surface area contributed by atoms with E-state index in [0.717, 1.165) is 17.4 Å². The molecule has 0 saturated carbocycles. The Morgan fingerprint density at radius 1 is 1.38 bits per heavy atom. The summed E-state index contributed by atoms with van der Waals surface area (Å²) in [6.45, 7) is 6.45. The standard InChI is InChI=1S/C13H18N2O/c1-10-4-5-11-9-15(14-12(11)8-10)7-6-13(2,3)16/h4-5,8-9,16H,6-7H2,1-3H3. The number of fused-ring (bicyclic) bond motifs is 1. The molecule has 0 fully saturated rings. The van der Waals surface area contributed by atoms with E-state index in [1.165, 1.54) is 5.56 Å². The number of hydrogen-bond donors (Lipinski definition) is 1. The molecule has 16 heavy (non-hydrogen) atoms. The number of benzene rings is 1. The van der Waals surface area contributed by atoms with E-state index in [2.05, 4.69) is 30.2 Å². The minimum atomic E-state index is -0.631. The highest BCUT2D eigenvalue weighted by atomic mass is 16.3. The number of aliphatic hydroxyl groups is 1. The summed E-state index contributed by atoms with van der Waals surface area (Å²) in [6, 6.07) is 6.25. The van der Waals surface area contributed by atoms with Gasteiger partial charge in [-0.1, -0.05) is 12.1 Å². The van der Waals surface area contributed by atoms with Gasteiger partial charge in [0.05, 0.1) is 11.1 Å². The van der Waals surface area contributed by atoms with Crippen molar-refractivity contribution in [3.63, 3.8) is 0 Å². The van der Waals surface area contributed by atoms with Gasteiger partial charge >= 0.3 is 0 Å². The summed E-state index contributed by atoms with van der Waals surface area (Å²) in [6.07, 6.45) is 2.74. The molecule has 0 spiro atoms. The molecule has 1 aromatic carbocycles. The second-order valence-electron chi connectivity index (χ2n) is 5.02. The van der Waals surface area contributed by atoms with Crippen molar-refractivity contribution in [3.8, 4) is 0 Å². The highest BCUT2D eigenvalue weighted by Gasteiger charge is 2.12. The third-order valence-corrected chi connectivity index (χ3v) is 2.66. The van der Waals surface area contributed by atoms with E-state index in [0.29, 0.717) is 6.42 Å². The maximum atomic E-state index is 9.66. The monoisotopic (exact) mass is 218 g/mol. The largest absolute Gasteiger partial charge is 0.390 e. The van der Waals surface area contributed by atoms with E-state index in [1.54, 1.807) is 0 Å². The SMILES string of the molecule is Cc1ccc2cn(CCC(C)(C)O)nc2c1. The second-order valence-corrected chi connectivity index (χ2v) is 5.02. The van der Waals surface area contributed by atoms with Crippen molar-refractivity contribution < 1.29 is 5.11 Å². The summed E-state index contributed by atoms with van der Waals surface area (Å²) in [5, 5.41) is 15.3. The zero-order valence-electron chi connectivity index (χ0n) is 10.1. The van der Waals surface area contributed by atoms with Gasteiger partial charge in [-0.2, -0.15) is 5.10 Å². The van der Waals surface area contributed by atoms with Crippen molar-refractivity contribution in [1.29, 1.82) is 0 Å². The highest BCUT2D eigenvalue weighted by Crippen LogP contribution is 2.15. The predicted molar refractivity (Wildman–Crippen MR) is 65.4 cm³/mol. The molecule has 0 saturated heterocycles. The Hall–Kier alpha value is -1.35. The van der Waals surface area contributed by atoms with E-state index in [-0.39, 0.29) is 0 Å². The van der Waals surface area contributed by atoms with Gasteiger partial charge in [-0.15, -0.1) is 0 Å². The van der Waals surface area contributed by atoms with Crippen molar-refractivity contribution in [2.75, 3.05) is 0 Å². The maximum Gasteiger partial charge on any atom is 0.0925 e. The molecule has 3 heteroatoms. The first-order chi connectivity index (χ1) is 7.44. The molecule has 0 unspecified atom stereocenters. The highest BCUT2D eigenvalue weighted by molar-refractivity contribution is 5.78. The quantitative estimate of drug-likeness (QED) is 0.859. The van der Waals surface area contributed by atoms with Gasteiger partial charge in [-0.05, 0) is 38.8 Å². The summed E-state index contributed by atoms with van der Waals surface area (Å²) in [5.74, 6) is 0. The lowest BCUT2D eigenvalue weighted by atomic mass is 10.1. The summed E-state index contributed by atoms with van der Waals surface area (Å²) in [5.41, 5.74) is 1.62. The number of rotatable bonds is 3. The van der Waals surface area contributed by atoms with Crippen LogP contribution in [-0.4, -0.2) is 20.5 Å². The first kappa shape index (κ1) is 11.1. The Morgan fingerprint density at radius 3 is 2.81 bits per heavy atom. The van der Waals surface area contributed by atoms with Crippen LogP contribution in [-0.2, 0) is 6.54 Å². The van der Waals surface area contributed by atoms with E-state index < -0.39 is 5.60 Å². The average Bonchev–Trinajstić information content (AvgIpc) is 2.55. The third kappa shape index (κ3) is 2.61. The molecule has 1 aromatic heterocycles. The Kier molecular flexibility index (Phi) is 2.72. The molecule has 1 N–H and O–H groups in total. The molecular weight excluding hydrogens is 200 g/mol. The molecule has 0 aliphatic rings. The molecule has 86 valence electrons. The first-order valence-electron chi connectivity index (χ1n) is 5.60. The molecule has 0 amide bonds. The van der Waals surface area contributed by atoms with Crippen LogP contribution in [0.2, 0.25) is 0 Å². The van der Waals surface area contributed by atoms with Crippen molar-refractivity contribution in [1.82, 2.24) is 9.78 Å². The molecule has 2 aromatic rings. The van der Waals surface area contributed by atoms with Gasteiger partial charge in [0, 0.05) is 18.1 Å². The number of aryl methyl sites for hydroxylation is 2. The summed E-state index contributed by atoms with van der Waals surface area (Å²) in [7, 11) is 0. The average molecular weight is 218 g/mol. The summed E-state index contributed by atoms with van der Waals surface area (Å²) in [4.78, 5) is 0. The normalized spacial score (nSPS) is 12.2. The molecular formula is C13H18N2O. The van der Waals surface area contributed by atoms with Crippen LogP contribution in [0.15, 0.2) is 24.4 Å². The van der Waals surface area contributed by atoms with E-state index in [9.17, 15) is 5.11 Å². The van der Waals surface area contributed by atoms with Gasteiger partial charge in [-0.25, -0.2) is 0 Å². The van der Waals surface area contributed by atoms with E-state index in [4.69, 9.17) is 0 Å². The zero-order valence-corrected chi connectivity index (χ0v) is 10.1. The van der Waals surface area contributed by atoms with Crippen LogP contribution >= 0.6 is 0 Å². The van der Waals surface area contributed by atoms with Crippen molar-refractivity contribution >= 4 is 10.9 Å². The lowest BCUT2D eigenvalue weighted by Crippen LogP contribution is -2.21. The number of hydrogen-bond acceptors (Lipinski definition) is 2. The Morgan fingerprint density at radius 2 is 2.12 bits per heavy atom. The smallest absolute Gasteiger partial charge is 0.0925 e. The van der Waals surface area contributed by atoms with Crippen LogP contribution in [0.4, 0.5) is 0 Å². The fourth-order valence-electron chi connectivity index (χ4n) is 1.68. The molecule has 3 nitrogen and oxygen atoms in total. The van der Waals surface area contributed by atoms with Crippen LogP contribution in [0, 0.1) is 6.92 Å². The van der Waals surface area contributed by atoms with Crippen molar-refractivity contribution in [2.45, 2.75) is 39.3 Å². The second kappa shape index (κ2) is 3.91. The van der Waals surface area contributed by atoms with Crippen LogP contribution in [0.5, 0.6) is 0 Å². The van der Waals surface area contributed by atoms with Crippen LogP contribution < -0.4 is 0 Å². The molecule has 0 aliphatic heterocycles. The van der Waals surface area contributed by atoms with Crippen LogP contribution in [0.3, 0.4) is 0 Å². The molecule has 0 aliphatic carbocycles. The van der Waals surface area contributed by atoms with Gasteiger partial charge in [0.15, 0.2) is 0 Å². The fraction of sp³-hybridized carbons (Fsp3) is 0.462. The first-order valence-corrected chi connectivity index (χ1v) is 5.60. The van der Waals surface area contributed by atoms with Crippen molar-refractivity contribution in [2.24, 2.45) is 0 Å². The van der Waals surface area contributed by atoms with Gasteiger partial charge in [0.25, 0.3) is 0 Å². The minimum Gasteiger partial charge on any atom is -0.390 e. The van der Waals surface area contributed by atoms with Gasteiger partial charge in [0.1, 0.15) is 0 Å². The minimum absolute atomic E-state index is 0.631. The van der Waals surface area contributed by atoms with Crippen molar-refractivity contribution in [3.05, 3.63) is 30.0 Å². The molecule has 2 rings (SSSR count). The number of aromatic nitrogens is 2. The lowest BCUT2D eigenvalue weighted by molar-refractivity contribution is 0.0651. The molecule has 0 bridgehead atoms. The lowest BCUT2D eigenvalue weighted by Gasteiger charge is -2.16.